The summed E-state index contributed by atoms with van der Waals surface area (Å²) in [6.45, 7) is 5.32. The zero-order valence-electron chi connectivity index (χ0n) is 18.6. The van der Waals surface area contributed by atoms with Crippen LogP contribution in [-0.2, 0) is 4.79 Å². The Kier molecular flexibility index (Phi) is 7.06. The van der Waals surface area contributed by atoms with Crippen LogP contribution in [0.5, 0.6) is 0 Å². The van der Waals surface area contributed by atoms with Crippen molar-refractivity contribution in [3.05, 3.63) is 82.2 Å². The van der Waals surface area contributed by atoms with Gasteiger partial charge in [-0.25, -0.2) is 8.78 Å². The van der Waals surface area contributed by atoms with Crippen LogP contribution in [0.25, 0.3) is 11.1 Å². The van der Waals surface area contributed by atoms with Crippen molar-refractivity contribution in [3.63, 3.8) is 0 Å². The maximum Gasteiger partial charge on any atom is 0.253 e. The number of amides is 2. The second-order valence-corrected chi connectivity index (χ2v) is 8.06. The average molecular weight is 453 g/mol. The minimum absolute atomic E-state index is 0.0363. The van der Waals surface area contributed by atoms with Crippen molar-refractivity contribution in [2.75, 3.05) is 6.54 Å². The molecule has 0 saturated heterocycles. The molecule has 3 rings (SSSR count). The van der Waals surface area contributed by atoms with Gasteiger partial charge in [0.05, 0.1) is 11.3 Å². The van der Waals surface area contributed by atoms with E-state index in [4.69, 9.17) is 5.73 Å². The maximum absolute atomic E-state index is 14.9. The topological polar surface area (TPSA) is 105 Å². The molecule has 0 unspecified atom stereocenters. The van der Waals surface area contributed by atoms with Crippen molar-refractivity contribution < 1.29 is 23.2 Å². The lowest BCUT2D eigenvalue weighted by Crippen LogP contribution is -2.28. The molecule has 2 amide bonds. The first-order valence-electron chi connectivity index (χ1n) is 10.5. The number of halogens is 2. The Morgan fingerprint density at radius 1 is 1.06 bits per heavy atom. The van der Waals surface area contributed by atoms with Crippen LogP contribution in [0.15, 0.2) is 42.6 Å². The normalized spacial score (nSPS) is 11.0. The van der Waals surface area contributed by atoms with Gasteiger partial charge >= 0.3 is 0 Å². The van der Waals surface area contributed by atoms with E-state index in [2.05, 4.69) is 10.3 Å². The molecule has 1 heterocycles. The number of primary amides is 1. The third kappa shape index (κ3) is 5.00. The molecule has 6 nitrogen and oxygen atoms in total. The third-order valence-corrected chi connectivity index (χ3v) is 5.42. The first kappa shape index (κ1) is 23.8. The van der Waals surface area contributed by atoms with Gasteiger partial charge < -0.3 is 16.0 Å². The molecule has 172 valence electrons. The summed E-state index contributed by atoms with van der Waals surface area (Å²) in [4.78, 5) is 40.0. The molecule has 0 aliphatic rings. The molecule has 3 aromatic rings. The molecule has 0 saturated carbocycles. The zero-order valence-corrected chi connectivity index (χ0v) is 18.6. The summed E-state index contributed by atoms with van der Waals surface area (Å²) in [6.07, 6.45) is 1.19. The minimum atomic E-state index is -0.773. The molecule has 0 fully saturated rings. The molecule has 0 atom stereocenters. The van der Waals surface area contributed by atoms with Gasteiger partial charge in [-0.15, -0.1) is 0 Å². The Hall–Kier alpha value is -3.81. The van der Waals surface area contributed by atoms with Crippen LogP contribution in [0.3, 0.4) is 0 Å². The Morgan fingerprint density at radius 2 is 1.76 bits per heavy atom. The number of nitrogens with one attached hydrogen (secondary N) is 2. The first-order valence-corrected chi connectivity index (χ1v) is 10.5. The Labute approximate surface area is 190 Å². The highest BCUT2D eigenvalue weighted by atomic mass is 19.1. The minimum Gasteiger partial charge on any atom is -0.370 e. The third-order valence-electron chi connectivity index (χ3n) is 5.42. The summed E-state index contributed by atoms with van der Waals surface area (Å²) in [5, 5.41) is 2.52. The van der Waals surface area contributed by atoms with Crippen molar-refractivity contribution >= 4 is 17.6 Å². The molecule has 0 radical (unpaired) electrons. The quantitative estimate of drug-likeness (QED) is 0.445. The maximum atomic E-state index is 14.9. The highest BCUT2D eigenvalue weighted by molar-refractivity contribution is 6.15. The lowest BCUT2D eigenvalue weighted by molar-refractivity contribution is -0.117. The van der Waals surface area contributed by atoms with E-state index in [1.54, 1.807) is 18.2 Å². The van der Waals surface area contributed by atoms with E-state index in [0.29, 0.717) is 5.56 Å². The van der Waals surface area contributed by atoms with Gasteiger partial charge in [0.25, 0.3) is 5.91 Å². The number of ketones is 1. The molecule has 0 bridgehead atoms. The average Bonchev–Trinajstić information content (AvgIpc) is 3.20. The summed E-state index contributed by atoms with van der Waals surface area (Å²) in [6, 6.07) is 8.94. The fourth-order valence-electron chi connectivity index (χ4n) is 3.58. The van der Waals surface area contributed by atoms with Crippen LogP contribution in [0.1, 0.15) is 63.7 Å². The molecule has 33 heavy (non-hydrogen) atoms. The number of H-pyrrole nitrogens is 1. The smallest absolute Gasteiger partial charge is 0.253 e. The number of carbonyl (C=O) groups is 3. The second kappa shape index (κ2) is 9.77. The van der Waals surface area contributed by atoms with Gasteiger partial charge in [-0.3, -0.25) is 14.4 Å². The SMILES string of the molecule is Cc1c(F)ccc(F)c1-c1c(C(=O)NCCC(N)=O)c[nH]c1C(=O)c1cccc(C(C)C)c1. The molecule has 8 heteroatoms. The largest absolute Gasteiger partial charge is 0.370 e. The highest BCUT2D eigenvalue weighted by Crippen LogP contribution is 2.35. The van der Waals surface area contributed by atoms with E-state index >= 15 is 0 Å². The van der Waals surface area contributed by atoms with E-state index in [-0.39, 0.29) is 46.8 Å². The van der Waals surface area contributed by atoms with Crippen LogP contribution in [0.4, 0.5) is 8.78 Å². The summed E-state index contributed by atoms with van der Waals surface area (Å²) < 4.78 is 29.3. The summed E-state index contributed by atoms with van der Waals surface area (Å²) in [5.74, 6) is -2.99. The van der Waals surface area contributed by atoms with Crippen molar-refractivity contribution in [1.29, 1.82) is 0 Å². The van der Waals surface area contributed by atoms with Gasteiger partial charge in [-0.05, 0) is 42.2 Å². The molecule has 0 spiro atoms. The number of rotatable bonds is 8. The molecular weight excluding hydrogens is 428 g/mol. The van der Waals surface area contributed by atoms with Gasteiger partial charge in [0.1, 0.15) is 11.6 Å². The first-order chi connectivity index (χ1) is 15.6. The fraction of sp³-hybridized carbons (Fsp3) is 0.240. The molecule has 0 aliphatic heterocycles. The van der Waals surface area contributed by atoms with E-state index in [1.165, 1.54) is 13.1 Å². The summed E-state index contributed by atoms with van der Waals surface area (Å²) >= 11 is 0. The van der Waals surface area contributed by atoms with Crippen LogP contribution in [0.2, 0.25) is 0 Å². The van der Waals surface area contributed by atoms with Gasteiger partial charge in [0.15, 0.2) is 0 Å². The number of nitrogens with two attached hydrogens (primary N) is 1. The van der Waals surface area contributed by atoms with Crippen LogP contribution >= 0.6 is 0 Å². The van der Waals surface area contributed by atoms with E-state index < -0.39 is 29.2 Å². The van der Waals surface area contributed by atoms with Crippen LogP contribution < -0.4 is 11.1 Å². The molecule has 2 aromatic carbocycles. The van der Waals surface area contributed by atoms with Crippen molar-refractivity contribution in [2.45, 2.75) is 33.1 Å². The van der Waals surface area contributed by atoms with Crippen molar-refractivity contribution in [3.8, 4) is 11.1 Å². The standard InChI is InChI=1S/C25H25F2N3O3/c1-13(2)15-5-4-6-16(11-15)24(32)23-22(21-14(3)18(26)7-8-19(21)27)17(12-30-23)25(33)29-10-9-20(28)31/h4-8,11-13,30H,9-10H2,1-3H3,(H2,28,31)(H,29,33). The lowest BCUT2D eigenvalue weighted by atomic mass is 9.92. The number of hydrogen-bond donors (Lipinski definition) is 3. The Morgan fingerprint density at radius 3 is 2.42 bits per heavy atom. The Bertz CT molecular complexity index is 1230. The van der Waals surface area contributed by atoms with Crippen LogP contribution in [-0.4, -0.2) is 29.1 Å². The number of aromatic amines is 1. The van der Waals surface area contributed by atoms with Gasteiger partial charge in [0.2, 0.25) is 11.7 Å². The van der Waals surface area contributed by atoms with Gasteiger partial charge in [-0.1, -0.05) is 32.0 Å². The number of carbonyl (C=O) groups excluding carboxylic acids is 3. The number of aromatic nitrogens is 1. The predicted octanol–water partition coefficient (Wildman–Crippen LogP) is 4.23. The molecule has 0 aliphatic carbocycles. The fourth-order valence-corrected chi connectivity index (χ4v) is 3.58. The van der Waals surface area contributed by atoms with Crippen LogP contribution in [0, 0.1) is 18.6 Å². The Balaban J connectivity index is 2.16. The molecular formula is C25H25F2N3O3. The highest BCUT2D eigenvalue weighted by Gasteiger charge is 2.28. The zero-order chi connectivity index (χ0) is 24.3. The van der Waals surface area contributed by atoms with E-state index in [9.17, 15) is 23.2 Å². The van der Waals surface area contributed by atoms with Gasteiger partial charge in [-0.2, -0.15) is 0 Å². The summed E-state index contributed by atoms with van der Waals surface area (Å²) in [7, 11) is 0. The molecule has 4 N–H and O–H groups in total. The second-order valence-electron chi connectivity index (χ2n) is 8.06. The summed E-state index contributed by atoms with van der Waals surface area (Å²) in [5.41, 5.74) is 6.05. The molecule has 1 aromatic heterocycles. The van der Waals surface area contributed by atoms with Gasteiger partial charge in [0, 0.05) is 35.9 Å². The van der Waals surface area contributed by atoms with E-state index in [0.717, 1.165) is 17.7 Å². The predicted molar refractivity (Wildman–Crippen MR) is 121 cm³/mol. The lowest BCUT2D eigenvalue weighted by Gasteiger charge is -2.13. The van der Waals surface area contributed by atoms with Crippen molar-refractivity contribution in [2.24, 2.45) is 5.73 Å². The number of hydrogen-bond acceptors (Lipinski definition) is 3. The van der Waals surface area contributed by atoms with Crippen molar-refractivity contribution in [1.82, 2.24) is 10.3 Å². The number of benzene rings is 2. The van der Waals surface area contributed by atoms with E-state index in [1.807, 2.05) is 19.9 Å². The monoisotopic (exact) mass is 453 g/mol.